The number of hydrogen-bond acceptors (Lipinski definition) is 3. The summed E-state index contributed by atoms with van der Waals surface area (Å²) >= 11 is 0. The van der Waals surface area contributed by atoms with Crippen LogP contribution in [0.4, 0.5) is 0 Å². The maximum Gasteiger partial charge on any atom is 0.319 e. The number of hydrogen-bond donors (Lipinski definition) is 2. The Kier molecular flexibility index (Phi) is 4.50. The molecular weight excluding hydrogens is 270 g/mol. The molecular formula is C16H21NO4. The molecule has 0 aromatic heterocycles. The fourth-order valence-corrected chi connectivity index (χ4v) is 2.33. The van der Waals surface area contributed by atoms with Gasteiger partial charge in [0.05, 0.1) is 7.11 Å². The van der Waals surface area contributed by atoms with E-state index in [9.17, 15) is 9.59 Å². The van der Waals surface area contributed by atoms with E-state index in [0.717, 1.165) is 12.2 Å². The molecule has 0 aliphatic heterocycles. The topological polar surface area (TPSA) is 75.6 Å². The lowest BCUT2D eigenvalue weighted by Crippen LogP contribution is -2.37. The van der Waals surface area contributed by atoms with Crippen LogP contribution in [0.3, 0.4) is 0 Å². The fraction of sp³-hybridized carbons (Fsp3) is 0.500. The molecule has 5 nitrogen and oxygen atoms in total. The molecule has 0 heterocycles. The Morgan fingerprint density at radius 1 is 1.33 bits per heavy atom. The molecule has 1 amide bonds. The fourth-order valence-electron chi connectivity index (χ4n) is 2.33. The van der Waals surface area contributed by atoms with Gasteiger partial charge in [-0.15, -0.1) is 0 Å². The quantitative estimate of drug-likeness (QED) is 0.755. The Hall–Kier alpha value is -2.04. The van der Waals surface area contributed by atoms with E-state index in [1.54, 1.807) is 7.11 Å². The van der Waals surface area contributed by atoms with Crippen molar-refractivity contribution in [3.8, 4) is 5.75 Å². The summed E-state index contributed by atoms with van der Waals surface area (Å²) in [4.78, 5) is 22.9. The van der Waals surface area contributed by atoms with E-state index in [2.05, 4.69) is 12.2 Å². The summed E-state index contributed by atoms with van der Waals surface area (Å²) in [7, 11) is 1.63. The molecule has 1 aliphatic rings. The SMILES string of the molecule is COc1ccc(C(C)CCNC(=O)C2(C(=O)O)CC2)cc1. The van der Waals surface area contributed by atoms with Crippen molar-refractivity contribution in [2.24, 2.45) is 5.41 Å². The summed E-state index contributed by atoms with van der Waals surface area (Å²) in [5, 5.41) is 11.8. The number of carbonyl (C=O) groups is 2. The number of carboxylic acids is 1. The Labute approximate surface area is 124 Å². The van der Waals surface area contributed by atoms with Crippen LogP contribution in [0.25, 0.3) is 0 Å². The summed E-state index contributed by atoms with van der Waals surface area (Å²) < 4.78 is 5.12. The van der Waals surface area contributed by atoms with Gasteiger partial charge in [-0.2, -0.15) is 0 Å². The van der Waals surface area contributed by atoms with Gasteiger partial charge in [0.15, 0.2) is 0 Å². The van der Waals surface area contributed by atoms with Gasteiger partial charge < -0.3 is 15.2 Å². The molecule has 114 valence electrons. The normalized spacial score (nSPS) is 16.9. The van der Waals surface area contributed by atoms with E-state index in [-0.39, 0.29) is 11.8 Å². The highest BCUT2D eigenvalue weighted by Gasteiger charge is 2.56. The molecule has 1 aromatic carbocycles. The number of methoxy groups -OCH3 is 1. The van der Waals surface area contributed by atoms with Crippen LogP contribution in [-0.2, 0) is 9.59 Å². The third kappa shape index (κ3) is 3.35. The second-order valence-corrected chi connectivity index (χ2v) is 5.61. The first kappa shape index (κ1) is 15.4. The van der Waals surface area contributed by atoms with Crippen molar-refractivity contribution in [2.75, 3.05) is 13.7 Å². The standard InChI is InChI=1S/C16H21NO4/c1-11(12-3-5-13(21-2)6-4-12)7-10-17-14(18)16(8-9-16)15(19)20/h3-6,11H,7-10H2,1-2H3,(H,17,18)(H,19,20). The first-order valence-electron chi connectivity index (χ1n) is 7.15. The zero-order chi connectivity index (χ0) is 15.5. The minimum atomic E-state index is -1.15. The van der Waals surface area contributed by atoms with Gasteiger partial charge in [-0.1, -0.05) is 19.1 Å². The molecule has 5 heteroatoms. The van der Waals surface area contributed by atoms with E-state index in [0.29, 0.717) is 19.4 Å². The lowest BCUT2D eigenvalue weighted by atomic mass is 9.97. The van der Waals surface area contributed by atoms with Crippen LogP contribution in [0, 0.1) is 5.41 Å². The van der Waals surface area contributed by atoms with Crippen LogP contribution >= 0.6 is 0 Å². The van der Waals surface area contributed by atoms with E-state index >= 15 is 0 Å². The smallest absolute Gasteiger partial charge is 0.319 e. The largest absolute Gasteiger partial charge is 0.497 e. The molecule has 1 atom stereocenters. The average molecular weight is 291 g/mol. The Bertz CT molecular complexity index is 520. The third-order valence-corrected chi connectivity index (χ3v) is 4.14. The number of amides is 1. The van der Waals surface area contributed by atoms with Crippen molar-refractivity contribution in [3.63, 3.8) is 0 Å². The predicted octanol–water partition coefficient (Wildman–Crippen LogP) is 2.17. The van der Waals surface area contributed by atoms with Gasteiger partial charge in [-0.3, -0.25) is 9.59 Å². The molecule has 2 rings (SSSR count). The van der Waals surface area contributed by atoms with E-state index in [1.165, 1.54) is 5.56 Å². The van der Waals surface area contributed by atoms with Crippen molar-refractivity contribution in [2.45, 2.75) is 32.1 Å². The molecule has 0 saturated heterocycles. The van der Waals surface area contributed by atoms with Gasteiger partial charge in [0.2, 0.25) is 5.91 Å². The monoisotopic (exact) mass is 291 g/mol. The lowest BCUT2D eigenvalue weighted by molar-refractivity contribution is -0.149. The van der Waals surface area contributed by atoms with Crippen LogP contribution in [0.2, 0.25) is 0 Å². The summed E-state index contributed by atoms with van der Waals surface area (Å²) in [6.45, 7) is 2.57. The van der Waals surface area contributed by atoms with Crippen LogP contribution in [0.1, 0.15) is 37.7 Å². The Morgan fingerprint density at radius 3 is 2.43 bits per heavy atom. The van der Waals surface area contributed by atoms with E-state index in [4.69, 9.17) is 9.84 Å². The minimum Gasteiger partial charge on any atom is -0.497 e. The van der Waals surface area contributed by atoms with Crippen LogP contribution in [0.5, 0.6) is 5.75 Å². The number of aliphatic carboxylic acids is 1. The van der Waals surface area contributed by atoms with Gasteiger partial charge in [0, 0.05) is 6.54 Å². The van der Waals surface area contributed by atoms with Crippen molar-refractivity contribution >= 4 is 11.9 Å². The van der Waals surface area contributed by atoms with Crippen molar-refractivity contribution in [1.29, 1.82) is 0 Å². The predicted molar refractivity (Wildman–Crippen MR) is 78.3 cm³/mol. The zero-order valence-electron chi connectivity index (χ0n) is 12.4. The first-order valence-corrected chi connectivity index (χ1v) is 7.15. The Balaban J connectivity index is 1.80. The zero-order valence-corrected chi connectivity index (χ0v) is 12.4. The van der Waals surface area contributed by atoms with Gasteiger partial charge in [-0.05, 0) is 42.9 Å². The van der Waals surface area contributed by atoms with Gasteiger partial charge in [-0.25, -0.2) is 0 Å². The van der Waals surface area contributed by atoms with Gasteiger partial charge >= 0.3 is 5.97 Å². The molecule has 1 aliphatic carbocycles. The number of nitrogens with one attached hydrogen (secondary N) is 1. The molecule has 1 aromatic rings. The summed E-state index contributed by atoms with van der Waals surface area (Å²) in [6.07, 6.45) is 1.66. The number of carboxylic acid groups (broad SMARTS) is 1. The molecule has 21 heavy (non-hydrogen) atoms. The molecule has 2 N–H and O–H groups in total. The highest BCUT2D eigenvalue weighted by atomic mass is 16.5. The van der Waals surface area contributed by atoms with Crippen LogP contribution in [-0.4, -0.2) is 30.6 Å². The summed E-state index contributed by atoms with van der Waals surface area (Å²) in [6, 6.07) is 7.83. The highest BCUT2D eigenvalue weighted by Crippen LogP contribution is 2.46. The maximum absolute atomic E-state index is 11.9. The van der Waals surface area contributed by atoms with Crippen molar-refractivity contribution in [3.05, 3.63) is 29.8 Å². The van der Waals surface area contributed by atoms with Crippen molar-refractivity contribution < 1.29 is 19.4 Å². The second-order valence-electron chi connectivity index (χ2n) is 5.61. The Morgan fingerprint density at radius 2 is 1.95 bits per heavy atom. The molecule has 0 bridgehead atoms. The van der Waals surface area contributed by atoms with E-state index < -0.39 is 11.4 Å². The first-order chi connectivity index (χ1) is 9.99. The van der Waals surface area contributed by atoms with Gasteiger partial charge in [0.1, 0.15) is 11.2 Å². The van der Waals surface area contributed by atoms with Crippen LogP contribution < -0.4 is 10.1 Å². The van der Waals surface area contributed by atoms with E-state index in [1.807, 2.05) is 24.3 Å². The number of carbonyl (C=O) groups excluding carboxylic acids is 1. The highest BCUT2D eigenvalue weighted by molar-refractivity contribution is 6.04. The lowest BCUT2D eigenvalue weighted by Gasteiger charge is -2.15. The number of benzene rings is 1. The number of rotatable bonds is 7. The minimum absolute atomic E-state index is 0.288. The summed E-state index contributed by atoms with van der Waals surface area (Å²) in [5.74, 6) is -0.257. The van der Waals surface area contributed by atoms with Crippen molar-refractivity contribution in [1.82, 2.24) is 5.32 Å². The third-order valence-electron chi connectivity index (χ3n) is 4.14. The second kappa shape index (κ2) is 6.16. The molecule has 0 radical (unpaired) electrons. The molecule has 1 unspecified atom stereocenters. The molecule has 1 fully saturated rings. The number of ether oxygens (including phenoxy) is 1. The molecule has 1 saturated carbocycles. The van der Waals surface area contributed by atoms with Gasteiger partial charge in [0.25, 0.3) is 0 Å². The van der Waals surface area contributed by atoms with Crippen LogP contribution in [0.15, 0.2) is 24.3 Å². The maximum atomic E-state index is 11.9. The summed E-state index contributed by atoms with van der Waals surface area (Å²) in [5.41, 5.74) is 0.0213. The molecule has 0 spiro atoms. The average Bonchev–Trinajstić information content (AvgIpc) is 3.29.